The molecule has 1 rings (SSSR count). The maximum absolute atomic E-state index is 2.96. The van der Waals surface area contributed by atoms with Gasteiger partial charge in [0.1, 0.15) is 0 Å². The van der Waals surface area contributed by atoms with E-state index in [9.17, 15) is 0 Å². The first kappa shape index (κ1) is 3.54. The molecule has 0 aliphatic carbocycles. The number of hydrogen-bond acceptors (Lipinski definition) is 2. The minimum Gasteiger partial charge on any atom is -0.254 e. The van der Waals surface area contributed by atoms with Gasteiger partial charge in [-0.3, -0.25) is 5.43 Å². The van der Waals surface area contributed by atoms with E-state index in [0.29, 0.717) is 0 Å². The van der Waals surface area contributed by atoms with Gasteiger partial charge in [-0.1, -0.05) is 0 Å². The van der Waals surface area contributed by atoms with Crippen LogP contribution in [-0.2, 0) is 0 Å². The van der Waals surface area contributed by atoms with Crippen LogP contribution < -0.4 is 10.6 Å². The first-order valence-electron chi connectivity index (χ1n) is 1.64. The molecule has 1 aliphatic rings. The molecule has 2 N–H and O–H groups in total. The molecule has 0 spiro atoms. The Kier molecular flexibility index (Phi) is 1.21. The second kappa shape index (κ2) is 1.71. The van der Waals surface area contributed by atoms with Crippen molar-refractivity contribution < 1.29 is 0 Å². The van der Waals surface area contributed by atoms with Crippen LogP contribution in [0.1, 0.15) is 0 Å². The van der Waals surface area contributed by atoms with Crippen LogP contribution in [0.15, 0.2) is 0 Å². The van der Waals surface area contributed by atoms with E-state index in [1.165, 1.54) is 14.9 Å². The molecule has 5 heavy (non-hydrogen) atoms. The molecule has 1 radical (unpaired) electrons. The molecule has 0 bridgehead atoms. The Morgan fingerprint density at radius 3 is 2.80 bits per heavy atom. The molecule has 0 saturated carbocycles. The van der Waals surface area contributed by atoms with Gasteiger partial charge in [-0.25, -0.2) is 5.20 Å². The highest BCUT2D eigenvalue weighted by Gasteiger charge is 1.92. The third-order valence-corrected chi connectivity index (χ3v) is 1.27. The molecule has 1 heterocycles. The predicted molar refractivity (Wildman–Crippen MR) is 22.9 cm³/mol. The zero-order chi connectivity index (χ0) is 3.54. The molecule has 0 atom stereocenters. The standard InChI is InChI=1S/C2H6N2P/c1-2-5-4-3-1/h3-4H,1-2H2. The van der Waals surface area contributed by atoms with Crippen molar-refractivity contribution in [3.8, 4) is 0 Å². The quantitative estimate of drug-likeness (QED) is 0.407. The Labute approximate surface area is 33.1 Å². The van der Waals surface area contributed by atoms with Crippen LogP contribution in [0.5, 0.6) is 0 Å². The van der Waals surface area contributed by atoms with E-state index in [2.05, 4.69) is 10.6 Å². The lowest BCUT2D eigenvalue weighted by Gasteiger charge is -1.79. The van der Waals surface area contributed by atoms with Crippen molar-refractivity contribution in [2.45, 2.75) is 0 Å². The first-order valence-corrected chi connectivity index (χ1v) is 2.72. The molecule has 1 fully saturated rings. The van der Waals surface area contributed by atoms with Crippen LogP contribution in [0.2, 0.25) is 0 Å². The van der Waals surface area contributed by atoms with Gasteiger partial charge in [0, 0.05) is 21.4 Å². The average Bonchev–Trinajstić information content (AvgIpc) is 1.76. The predicted octanol–water partition coefficient (Wildman–Crippen LogP) is -0.0446. The lowest BCUT2D eigenvalue weighted by atomic mass is 10.8. The summed E-state index contributed by atoms with van der Waals surface area (Å²) in [5.74, 6) is 0. The summed E-state index contributed by atoms with van der Waals surface area (Å²) in [5, 5.41) is 2.94. The zero-order valence-electron chi connectivity index (χ0n) is 2.86. The molecule has 0 unspecified atom stereocenters. The van der Waals surface area contributed by atoms with E-state index in [-0.39, 0.29) is 0 Å². The minimum atomic E-state index is 1.13. The van der Waals surface area contributed by atoms with E-state index in [4.69, 9.17) is 0 Å². The highest BCUT2D eigenvalue weighted by atomic mass is 31.1. The monoisotopic (exact) mass is 89.0 g/mol. The van der Waals surface area contributed by atoms with Gasteiger partial charge < -0.3 is 0 Å². The molecule has 0 aromatic carbocycles. The molecule has 1 saturated heterocycles. The topological polar surface area (TPSA) is 24.1 Å². The summed E-state index contributed by atoms with van der Waals surface area (Å²) in [6.07, 6.45) is 1.25. The second-order valence-corrected chi connectivity index (χ2v) is 1.91. The van der Waals surface area contributed by atoms with E-state index in [0.717, 1.165) is 6.54 Å². The van der Waals surface area contributed by atoms with E-state index in [1.54, 1.807) is 0 Å². The molecule has 29 valence electrons. The summed E-state index contributed by atoms with van der Waals surface area (Å²) < 4.78 is 0. The van der Waals surface area contributed by atoms with Gasteiger partial charge in [-0.15, -0.1) is 0 Å². The van der Waals surface area contributed by atoms with Crippen molar-refractivity contribution in [1.82, 2.24) is 10.6 Å². The van der Waals surface area contributed by atoms with Crippen molar-refractivity contribution >= 4 is 8.73 Å². The van der Waals surface area contributed by atoms with E-state index in [1.807, 2.05) is 0 Å². The fourth-order valence-electron chi connectivity index (χ4n) is 0.280. The Morgan fingerprint density at radius 2 is 2.60 bits per heavy atom. The van der Waals surface area contributed by atoms with Crippen molar-refractivity contribution in [3.63, 3.8) is 0 Å². The molecule has 3 heteroatoms. The van der Waals surface area contributed by atoms with Crippen molar-refractivity contribution in [2.24, 2.45) is 0 Å². The Balaban J connectivity index is 2.08. The summed E-state index contributed by atoms with van der Waals surface area (Å²) in [4.78, 5) is 0. The number of rotatable bonds is 0. The average molecular weight is 89.1 g/mol. The summed E-state index contributed by atoms with van der Waals surface area (Å²) in [5.41, 5.74) is 2.96. The minimum absolute atomic E-state index is 1.13. The number of hydrogen-bond donors (Lipinski definition) is 2. The summed E-state index contributed by atoms with van der Waals surface area (Å²) in [6.45, 7) is 1.13. The number of nitrogens with one attached hydrogen (secondary N) is 2. The summed E-state index contributed by atoms with van der Waals surface area (Å²) in [6, 6.07) is 0. The SMILES string of the molecule is C1C[P]NN1. The van der Waals surface area contributed by atoms with Crippen LogP contribution in [-0.4, -0.2) is 12.7 Å². The normalized spacial score (nSPS) is 28.8. The van der Waals surface area contributed by atoms with Gasteiger partial charge in [-0.05, 0) is 0 Å². The third kappa shape index (κ3) is 0.839. The van der Waals surface area contributed by atoms with Gasteiger partial charge in [0.15, 0.2) is 0 Å². The van der Waals surface area contributed by atoms with Crippen molar-refractivity contribution in [2.75, 3.05) is 12.7 Å². The van der Waals surface area contributed by atoms with Gasteiger partial charge in [0.25, 0.3) is 0 Å². The molecular formula is C2H6N2P. The molecular weight excluding hydrogens is 83.0 g/mol. The largest absolute Gasteiger partial charge is 0.254 e. The second-order valence-electron chi connectivity index (χ2n) is 0.920. The van der Waals surface area contributed by atoms with Gasteiger partial charge in [0.2, 0.25) is 0 Å². The Hall–Kier alpha value is 0.350. The lowest BCUT2D eigenvalue weighted by molar-refractivity contribution is 0.763. The lowest BCUT2D eigenvalue weighted by Crippen LogP contribution is -2.16. The number of hydrazine groups is 1. The highest BCUT2D eigenvalue weighted by Crippen LogP contribution is 2.01. The van der Waals surface area contributed by atoms with Gasteiger partial charge in [0.05, 0.1) is 0 Å². The van der Waals surface area contributed by atoms with Gasteiger partial charge in [-0.2, -0.15) is 0 Å². The van der Waals surface area contributed by atoms with E-state index < -0.39 is 0 Å². The van der Waals surface area contributed by atoms with Crippen molar-refractivity contribution in [3.05, 3.63) is 0 Å². The Morgan fingerprint density at radius 1 is 1.60 bits per heavy atom. The summed E-state index contributed by atoms with van der Waals surface area (Å²) >= 11 is 0. The molecule has 1 aliphatic heterocycles. The zero-order valence-corrected chi connectivity index (χ0v) is 3.76. The maximum atomic E-state index is 2.96. The van der Waals surface area contributed by atoms with Crippen LogP contribution in [0.3, 0.4) is 0 Å². The molecule has 0 aromatic heterocycles. The maximum Gasteiger partial charge on any atom is 0.0199 e. The van der Waals surface area contributed by atoms with Crippen LogP contribution >= 0.6 is 8.73 Å². The molecule has 0 aromatic rings. The highest BCUT2D eigenvalue weighted by molar-refractivity contribution is 7.35. The Bertz CT molecular complexity index is 19.2. The first-order chi connectivity index (χ1) is 2.50. The van der Waals surface area contributed by atoms with Crippen molar-refractivity contribution in [1.29, 1.82) is 0 Å². The van der Waals surface area contributed by atoms with Crippen LogP contribution in [0, 0.1) is 0 Å². The fourth-order valence-corrected chi connectivity index (χ4v) is 0.839. The summed E-state index contributed by atoms with van der Waals surface area (Å²) in [7, 11) is 1.33. The van der Waals surface area contributed by atoms with Gasteiger partial charge >= 0.3 is 0 Å². The van der Waals surface area contributed by atoms with E-state index >= 15 is 0 Å². The van der Waals surface area contributed by atoms with Crippen LogP contribution in [0.25, 0.3) is 0 Å². The van der Waals surface area contributed by atoms with Crippen LogP contribution in [0.4, 0.5) is 0 Å². The smallest absolute Gasteiger partial charge is 0.0199 e. The fraction of sp³-hybridized carbons (Fsp3) is 1.00. The molecule has 0 amide bonds. The molecule has 2 nitrogen and oxygen atoms in total. The third-order valence-electron chi connectivity index (χ3n) is 0.507.